The molecule has 156 valence electrons. The predicted octanol–water partition coefficient (Wildman–Crippen LogP) is 2.94. The molecule has 1 saturated heterocycles. The van der Waals surface area contributed by atoms with E-state index >= 15 is 0 Å². The molecule has 3 rings (SSSR count). The van der Waals surface area contributed by atoms with Gasteiger partial charge in [-0.25, -0.2) is 8.42 Å². The molecule has 1 aliphatic rings. The Morgan fingerprint density at radius 1 is 1.03 bits per heavy atom. The van der Waals surface area contributed by atoms with E-state index in [0.29, 0.717) is 25.3 Å². The Bertz CT molecular complexity index is 924. The maximum absolute atomic E-state index is 12.9. The van der Waals surface area contributed by atoms with Gasteiger partial charge in [-0.05, 0) is 49.4 Å². The first-order chi connectivity index (χ1) is 14.0. The van der Waals surface area contributed by atoms with Gasteiger partial charge in [-0.2, -0.15) is 4.31 Å². The molecule has 0 unspecified atom stereocenters. The molecule has 0 atom stereocenters. The molecule has 2 aromatic rings. The molecular formula is C22H29N3O3S. The summed E-state index contributed by atoms with van der Waals surface area (Å²) in [5.41, 5.74) is 2.74. The molecule has 0 spiro atoms. The molecule has 1 amide bonds. The van der Waals surface area contributed by atoms with E-state index in [2.05, 4.69) is 10.6 Å². The third-order valence-corrected chi connectivity index (χ3v) is 7.07. The minimum atomic E-state index is -3.49. The van der Waals surface area contributed by atoms with Crippen molar-refractivity contribution in [2.45, 2.75) is 37.5 Å². The number of amides is 1. The Balaban J connectivity index is 1.56. The average Bonchev–Trinajstić information content (AvgIpc) is 2.74. The quantitative estimate of drug-likeness (QED) is 0.695. The van der Waals surface area contributed by atoms with E-state index in [0.717, 1.165) is 31.2 Å². The van der Waals surface area contributed by atoms with Crippen molar-refractivity contribution in [3.63, 3.8) is 0 Å². The lowest BCUT2D eigenvalue weighted by molar-refractivity contribution is -0.119. The molecule has 0 aromatic heterocycles. The topological polar surface area (TPSA) is 78.5 Å². The first kappa shape index (κ1) is 21.3. The van der Waals surface area contributed by atoms with Crippen molar-refractivity contribution in [2.24, 2.45) is 0 Å². The van der Waals surface area contributed by atoms with Crippen molar-refractivity contribution >= 4 is 21.6 Å². The monoisotopic (exact) mass is 415 g/mol. The van der Waals surface area contributed by atoms with Crippen LogP contribution in [0.15, 0.2) is 53.4 Å². The first-order valence-electron chi connectivity index (χ1n) is 10.1. The Morgan fingerprint density at radius 3 is 2.48 bits per heavy atom. The van der Waals surface area contributed by atoms with Crippen LogP contribution in [0.25, 0.3) is 0 Å². The highest BCUT2D eigenvalue weighted by Crippen LogP contribution is 2.25. The highest BCUT2D eigenvalue weighted by atomic mass is 32.2. The number of hydrogen-bond acceptors (Lipinski definition) is 4. The fourth-order valence-corrected chi connectivity index (χ4v) is 4.98. The van der Waals surface area contributed by atoms with Crippen LogP contribution < -0.4 is 10.6 Å². The predicted molar refractivity (Wildman–Crippen MR) is 115 cm³/mol. The Morgan fingerprint density at radius 2 is 1.76 bits per heavy atom. The summed E-state index contributed by atoms with van der Waals surface area (Å²) in [4.78, 5) is 12.4. The SMILES string of the molecule is Cc1ccc(S(=O)(=O)N2CCCCC2)cc1NCC(=O)NCCc1ccccc1. The second-order valence-electron chi connectivity index (χ2n) is 7.38. The molecule has 1 aliphatic heterocycles. The van der Waals surface area contributed by atoms with Crippen LogP contribution in [0.4, 0.5) is 5.69 Å². The van der Waals surface area contributed by atoms with Crippen LogP contribution in [0.2, 0.25) is 0 Å². The van der Waals surface area contributed by atoms with Gasteiger partial charge in [0.25, 0.3) is 0 Å². The molecule has 6 nitrogen and oxygen atoms in total. The third-order valence-electron chi connectivity index (χ3n) is 5.18. The minimum absolute atomic E-state index is 0.100. The summed E-state index contributed by atoms with van der Waals surface area (Å²) in [5, 5.41) is 5.97. The van der Waals surface area contributed by atoms with Crippen LogP contribution in [0, 0.1) is 6.92 Å². The zero-order chi connectivity index (χ0) is 20.7. The van der Waals surface area contributed by atoms with Crippen LogP contribution in [0.3, 0.4) is 0 Å². The summed E-state index contributed by atoms with van der Waals surface area (Å²) in [6.07, 6.45) is 3.65. The van der Waals surface area contributed by atoms with E-state index in [1.165, 1.54) is 5.56 Å². The lowest BCUT2D eigenvalue weighted by atomic mass is 10.1. The van der Waals surface area contributed by atoms with E-state index < -0.39 is 10.0 Å². The van der Waals surface area contributed by atoms with Crippen molar-refractivity contribution < 1.29 is 13.2 Å². The van der Waals surface area contributed by atoms with Crippen LogP contribution >= 0.6 is 0 Å². The second-order valence-corrected chi connectivity index (χ2v) is 9.32. The smallest absolute Gasteiger partial charge is 0.243 e. The summed E-state index contributed by atoms with van der Waals surface area (Å²) < 4.78 is 27.3. The van der Waals surface area contributed by atoms with Gasteiger partial charge in [-0.15, -0.1) is 0 Å². The van der Waals surface area contributed by atoms with Crippen LogP contribution in [0.5, 0.6) is 0 Å². The number of aryl methyl sites for hydroxylation is 1. The lowest BCUT2D eigenvalue weighted by Gasteiger charge is -2.26. The van der Waals surface area contributed by atoms with Crippen LogP contribution in [-0.4, -0.2) is 44.8 Å². The van der Waals surface area contributed by atoms with Gasteiger partial charge in [0.05, 0.1) is 11.4 Å². The maximum Gasteiger partial charge on any atom is 0.243 e. The van der Waals surface area contributed by atoms with Gasteiger partial charge in [0.1, 0.15) is 0 Å². The minimum Gasteiger partial charge on any atom is -0.376 e. The molecule has 29 heavy (non-hydrogen) atoms. The van der Waals surface area contributed by atoms with Gasteiger partial charge in [0, 0.05) is 25.3 Å². The third kappa shape index (κ3) is 5.81. The van der Waals surface area contributed by atoms with E-state index in [9.17, 15) is 13.2 Å². The van der Waals surface area contributed by atoms with E-state index in [1.54, 1.807) is 22.5 Å². The largest absolute Gasteiger partial charge is 0.376 e. The van der Waals surface area contributed by atoms with Crippen LogP contribution in [0.1, 0.15) is 30.4 Å². The van der Waals surface area contributed by atoms with Gasteiger partial charge >= 0.3 is 0 Å². The Labute approximate surface area is 173 Å². The number of benzene rings is 2. The molecule has 0 saturated carbocycles. The summed E-state index contributed by atoms with van der Waals surface area (Å²) in [7, 11) is -3.49. The second kappa shape index (κ2) is 9.89. The van der Waals surface area contributed by atoms with Gasteiger partial charge in [-0.1, -0.05) is 42.8 Å². The van der Waals surface area contributed by atoms with Crippen molar-refractivity contribution in [2.75, 3.05) is 31.5 Å². The summed E-state index contributed by atoms with van der Waals surface area (Å²) in [6, 6.07) is 15.0. The van der Waals surface area contributed by atoms with Crippen LogP contribution in [-0.2, 0) is 21.2 Å². The highest BCUT2D eigenvalue weighted by Gasteiger charge is 2.26. The first-order valence-corrected chi connectivity index (χ1v) is 11.6. The number of piperidine rings is 1. The van der Waals surface area contributed by atoms with Crippen molar-refractivity contribution in [3.05, 3.63) is 59.7 Å². The molecule has 7 heteroatoms. The number of carbonyl (C=O) groups is 1. The number of nitrogens with zero attached hydrogens (tertiary/aromatic N) is 1. The Hall–Kier alpha value is -2.38. The number of rotatable bonds is 8. The van der Waals surface area contributed by atoms with Gasteiger partial charge < -0.3 is 10.6 Å². The highest BCUT2D eigenvalue weighted by molar-refractivity contribution is 7.89. The summed E-state index contributed by atoms with van der Waals surface area (Å²) in [6.45, 7) is 3.70. The Kier molecular flexibility index (Phi) is 7.28. The average molecular weight is 416 g/mol. The number of anilines is 1. The number of hydrogen-bond donors (Lipinski definition) is 2. The molecule has 0 bridgehead atoms. The maximum atomic E-state index is 12.9. The van der Waals surface area contributed by atoms with E-state index in [1.807, 2.05) is 37.3 Å². The zero-order valence-corrected chi connectivity index (χ0v) is 17.7. The number of nitrogens with one attached hydrogen (secondary N) is 2. The summed E-state index contributed by atoms with van der Waals surface area (Å²) in [5.74, 6) is -0.121. The zero-order valence-electron chi connectivity index (χ0n) is 16.9. The van der Waals surface area contributed by atoms with Crippen molar-refractivity contribution in [1.29, 1.82) is 0 Å². The van der Waals surface area contributed by atoms with Gasteiger partial charge in [0.15, 0.2) is 0 Å². The molecule has 2 N–H and O–H groups in total. The molecule has 0 aliphatic carbocycles. The van der Waals surface area contributed by atoms with Gasteiger partial charge in [0.2, 0.25) is 15.9 Å². The molecular weight excluding hydrogens is 386 g/mol. The fraction of sp³-hybridized carbons (Fsp3) is 0.409. The molecule has 1 fully saturated rings. The summed E-state index contributed by atoms with van der Waals surface area (Å²) >= 11 is 0. The number of carbonyl (C=O) groups excluding carboxylic acids is 1. The van der Waals surface area contributed by atoms with Gasteiger partial charge in [-0.3, -0.25) is 4.79 Å². The van der Waals surface area contributed by atoms with Crippen molar-refractivity contribution in [1.82, 2.24) is 9.62 Å². The molecule has 2 aromatic carbocycles. The van der Waals surface area contributed by atoms with E-state index in [-0.39, 0.29) is 17.3 Å². The normalized spacial score (nSPS) is 15.1. The standard InChI is InChI=1S/C22H29N3O3S/c1-18-10-11-20(29(27,28)25-14-6-3-7-15-25)16-21(18)24-17-22(26)23-13-12-19-8-4-2-5-9-19/h2,4-5,8-11,16,24H,3,6-7,12-15,17H2,1H3,(H,23,26). The molecule has 0 radical (unpaired) electrons. The van der Waals surface area contributed by atoms with E-state index in [4.69, 9.17) is 0 Å². The fourth-order valence-electron chi connectivity index (χ4n) is 3.44. The lowest BCUT2D eigenvalue weighted by Crippen LogP contribution is -2.35. The number of sulfonamides is 1. The molecule has 1 heterocycles. The van der Waals surface area contributed by atoms with Crippen molar-refractivity contribution in [3.8, 4) is 0 Å².